The Hall–Kier alpha value is -3.02. The Balaban J connectivity index is 2.29. The second-order valence-electron chi connectivity index (χ2n) is 5.52. The van der Waals surface area contributed by atoms with E-state index in [0.717, 1.165) is 24.3 Å². The van der Waals surface area contributed by atoms with E-state index in [4.69, 9.17) is 0 Å². The molecule has 0 spiro atoms. The molecule has 0 saturated carbocycles. The maximum absolute atomic E-state index is 13.7. The van der Waals surface area contributed by atoms with Gasteiger partial charge in [0, 0.05) is 31.4 Å². The van der Waals surface area contributed by atoms with Crippen molar-refractivity contribution in [2.24, 2.45) is 0 Å². The molecule has 0 aliphatic carbocycles. The van der Waals surface area contributed by atoms with E-state index in [1.165, 1.54) is 15.9 Å². The first-order valence-electron chi connectivity index (χ1n) is 7.59. The number of rotatable bonds is 5. The molecule has 0 unspecified atom stereocenters. The van der Waals surface area contributed by atoms with Crippen molar-refractivity contribution < 1.29 is 18.4 Å². The lowest BCUT2D eigenvalue weighted by molar-refractivity contribution is -0.128. The van der Waals surface area contributed by atoms with Crippen LogP contribution in [-0.4, -0.2) is 37.4 Å². The molecule has 0 fully saturated rings. The first kappa shape index (κ1) is 18.3. The van der Waals surface area contributed by atoms with Crippen LogP contribution >= 0.6 is 0 Å². The highest BCUT2D eigenvalue weighted by Crippen LogP contribution is 2.17. The lowest BCUT2D eigenvalue weighted by Gasteiger charge is -2.22. The summed E-state index contributed by atoms with van der Waals surface area (Å²) in [4.78, 5) is 27.1. The maximum Gasteiger partial charge on any atom is 0.251 e. The molecule has 0 atom stereocenters. The fraction of sp³-hybridized carbons (Fsp3) is 0.158. The van der Waals surface area contributed by atoms with E-state index in [0.29, 0.717) is 5.69 Å². The highest BCUT2D eigenvalue weighted by molar-refractivity contribution is 6.06. The van der Waals surface area contributed by atoms with Crippen LogP contribution in [0.25, 0.3) is 6.08 Å². The van der Waals surface area contributed by atoms with Gasteiger partial charge in [0.15, 0.2) is 0 Å². The summed E-state index contributed by atoms with van der Waals surface area (Å²) in [5.74, 6) is -2.36. The molecule has 0 aliphatic rings. The van der Waals surface area contributed by atoms with Crippen molar-refractivity contribution in [1.29, 1.82) is 0 Å². The van der Waals surface area contributed by atoms with Crippen LogP contribution < -0.4 is 4.90 Å². The Morgan fingerprint density at radius 1 is 0.960 bits per heavy atom. The van der Waals surface area contributed by atoms with Gasteiger partial charge in [-0.05, 0) is 30.3 Å². The van der Waals surface area contributed by atoms with Gasteiger partial charge in [0.25, 0.3) is 5.91 Å². The Kier molecular flexibility index (Phi) is 6.00. The van der Waals surface area contributed by atoms with Crippen molar-refractivity contribution >= 4 is 23.6 Å². The van der Waals surface area contributed by atoms with Gasteiger partial charge in [-0.15, -0.1) is 0 Å². The highest BCUT2D eigenvalue weighted by atomic mass is 19.1. The largest absolute Gasteiger partial charge is 0.347 e. The Labute approximate surface area is 145 Å². The van der Waals surface area contributed by atoms with E-state index < -0.39 is 17.5 Å². The zero-order chi connectivity index (χ0) is 18.4. The summed E-state index contributed by atoms with van der Waals surface area (Å²) >= 11 is 0. The van der Waals surface area contributed by atoms with Crippen LogP contribution in [-0.2, 0) is 9.59 Å². The van der Waals surface area contributed by atoms with E-state index in [1.807, 2.05) is 0 Å². The number of carbonyl (C=O) groups is 2. The molecular formula is C19H18F2N2O2. The number of hydrogen-bond acceptors (Lipinski definition) is 2. The van der Waals surface area contributed by atoms with Crippen molar-refractivity contribution in [1.82, 2.24) is 4.90 Å². The molecule has 25 heavy (non-hydrogen) atoms. The minimum Gasteiger partial charge on any atom is -0.347 e. The maximum atomic E-state index is 13.7. The second kappa shape index (κ2) is 8.19. The smallest absolute Gasteiger partial charge is 0.251 e. The molecule has 0 N–H and O–H groups in total. The second-order valence-corrected chi connectivity index (χ2v) is 5.52. The molecule has 0 aliphatic heterocycles. The molecule has 130 valence electrons. The monoisotopic (exact) mass is 344 g/mol. The van der Waals surface area contributed by atoms with Gasteiger partial charge in [0.1, 0.15) is 18.2 Å². The molecule has 0 saturated heterocycles. The molecular weight excluding hydrogens is 326 g/mol. The number of halogens is 2. The first-order chi connectivity index (χ1) is 11.9. The van der Waals surface area contributed by atoms with E-state index >= 15 is 0 Å². The molecule has 6 heteroatoms. The van der Waals surface area contributed by atoms with Gasteiger partial charge in [-0.25, -0.2) is 8.78 Å². The Morgan fingerprint density at radius 3 is 2.12 bits per heavy atom. The van der Waals surface area contributed by atoms with Crippen LogP contribution in [0.1, 0.15) is 5.56 Å². The van der Waals surface area contributed by atoms with Gasteiger partial charge in [-0.3, -0.25) is 14.5 Å². The summed E-state index contributed by atoms with van der Waals surface area (Å²) in [6.07, 6.45) is 2.13. The van der Waals surface area contributed by atoms with E-state index in [9.17, 15) is 18.4 Å². The third-order valence-corrected chi connectivity index (χ3v) is 3.52. The predicted octanol–water partition coefficient (Wildman–Crippen LogP) is 3.10. The summed E-state index contributed by atoms with van der Waals surface area (Å²) in [5, 5.41) is 0. The summed E-state index contributed by atoms with van der Waals surface area (Å²) in [6.45, 7) is -0.181. The fourth-order valence-corrected chi connectivity index (χ4v) is 2.10. The van der Waals surface area contributed by atoms with Gasteiger partial charge in [0.2, 0.25) is 5.91 Å². The molecule has 2 aromatic rings. The predicted molar refractivity (Wildman–Crippen MR) is 92.9 cm³/mol. The topological polar surface area (TPSA) is 40.6 Å². The van der Waals surface area contributed by atoms with Crippen LogP contribution in [0.4, 0.5) is 14.5 Å². The number of para-hydroxylation sites is 1. The summed E-state index contributed by atoms with van der Waals surface area (Å²) in [7, 11) is 3.17. The minimum absolute atomic E-state index is 0.181. The third-order valence-electron chi connectivity index (χ3n) is 3.52. The van der Waals surface area contributed by atoms with Crippen LogP contribution in [0.3, 0.4) is 0 Å². The number of benzene rings is 2. The molecule has 2 aromatic carbocycles. The van der Waals surface area contributed by atoms with Crippen molar-refractivity contribution in [2.45, 2.75) is 0 Å². The molecule has 0 heterocycles. The van der Waals surface area contributed by atoms with Crippen molar-refractivity contribution in [2.75, 3.05) is 25.5 Å². The molecule has 0 bridgehead atoms. The zero-order valence-corrected chi connectivity index (χ0v) is 13.9. The number of anilines is 1. The standard InChI is InChI=1S/C19H18F2N2O2/c1-22(2)19(25)13-23(14-7-4-3-5-8-14)18(24)12-11-15-16(20)9-6-10-17(15)21/h3-12H,13H2,1-2H3. The molecule has 2 rings (SSSR count). The van der Waals surface area contributed by atoms with Gasteiger partial charge in [-0.1, -0.05) is 24.3 Å². The highest BCUT2D eigenvalue weighted by Gasteiger charge is 2.18. The summed E-state index contributed by atoms with van der Waals surface area (Å²) in [6, 6.07) is 12.1. The number of carbonyl (C=O) groups excluding carboxylic acids is 2. The van der Waals surface area contributed by atoms with E-state index in [1.54, 1.807) is 44.4 Å². The van der Waals surface area contributed by atoms with Gasteiger partial charge in [-0.2, -0.15) is 0 Å². The van der Waals surface area contributed by atoms with E-state index in [-0.39, 0.29) is 18.0 Å². The van der Waals surface area contributed by atoms with Gasteiger partial charge in [0.05, 0.1) is 0 Å². The lowest BCUT2D eigenvalue weighted by Crippen LogP contribution is -2.39. The fourth-order valence-electron chi connectivity index (χ4n) is 2.10. The van der Waals surface area contributed by atoms with Crippen LogP contribution in [0.15, 0.2) is 54.6 Å². The molecule has 0 radical (unpaired) electrons. The number of hydrogen-bond donors (Lipinski definition) is 0. The van der Waals surface area contributed by atoms with E-state index in [2.05, 4.69) is 0 Å². The Bertz CT molecular complexity index is 769. The average Bonchev–Trinajstić information content (AvgIpc) is 2.59. The van der Waals surface area contributed by atoms with Gasteiger partial charge < -0.3 is 4.90 Å². The summed E-state index contributed by atoms with van der Waals surface area (Å²) < 4.78 is 27.3. The van der Waals surface area contributed by atoms with Crippen LogP contribution in [0, 0.1) is 11.6 Å². The number of amides is 2. The first-order valence-corrected chi connectivity index (χ1v) is 7.59. The SMILES string of the molecule is CN(C)C(=O)CN(C(=O)C=Cc1c(F)cccc1F)c1ccccc1. The van der Waals surface area contributed by atoms with Gasteiger partial charge >= 0.3 is 0 Å². The lowest BCUT2D eigenvalue weighted by atomic mass is 10.1. The molecule has 0 aromatic heterocycles. The van der Waals surface area contributed by atoms with Crippen molar-refractivity contribution in [3.05, 3.63) is 71.8 Å². The van der Waals surface area contributed by atoms with Crippen molar-refractivity contribution in [3.63, 3.8) is 0 Å². The normalized spacial score (nSPS) is 10.7. The quantitative estimate of drug-likeness (QED) is 0.782. The Morgan fingerprint density at radius 2 is 1.56 bits per heavy atom. The number of nitrogens with zero attached hydrogens (tertiary/aromatic N) is 2. The van der Waals surface area contributed by atoms with Crippen LogP contribution in [0.2, 0.25) is 0 Å². The minimum atomic E-state index is -0.764. The zero-order valence-electron chi connectivity index (χ0n) is 13.9. The molecule has 2 amide bonds. The average molecular weight is 344 g/mol. The number of likely N-dealkylation sites (N-methyl/N-ethyl adjacent to an activating group) is 1. The molecule has 4 nitrogen and oxygen atoms in total. The summed E-state index contributed by atoms with van der Waals surface area (Å²) in [5.41, 5.74) is 0.212. The van der Waals surface area contributed by atoms with Crippen LogP contribution in [0.5, 0.6) is 0 Å². The van der Waals surface area contributed by atoms with Crippen molar-refractivity contribution in [3.8, 4) is 0 Å². The third kappa shape index (κ3) is 4.73.